The second-order valence-electron chi connectivity index (χ2n) is 7.86. The monoisotopic (exact) mass is 449 g/mol. The summed E-state index contributed by atoms with van der Waals surface area (Å²) in [5.74, 6) is 1.28. The van der Waals surface area contributed by atoms with Crippen LogP contribution in [0.5, 0.6) is 11.5 Å². The van der Waals surface area contributed by atoms with Crippen LogP contribution in [0.3, 0.4) is 0 Å². The molecule has 2 amide bonds. The topological polar surface area (TPSA) is 65.0 Å². The SMILES string of the molecule is CCOCCCNC(=O)N1Cc2ccccc2-n2cccc2[C@H]1c1ccc(OC)c(OC)c1. The van der Waals surface area contributed by atoms with Gasteiger partial charge in [0.15, 0.2) is 11.5 Å². The average molecular weight is 450 g/mol. The maximum Gasteiger partial charge on any atom is 0.318 e. The fourth-order valence-corrected chi connectivity index (χ4v) is 4.33. The minimum Gasteiger partial charge on any atom is -0.493 e. The molecule has 7 nitrogen and oxygen atoms in total. The third-order valence-electron chi connectivity index (χ3n) is 5.89. The van der Waals surface area contributed by atoms with Crippen molar-refractivity contribution in [3.63, 3.8) is 0 Å². The Morgan fingerprint density at radius 3 is 2.67 bits per heavy atom. The quantitative estimate of drug-likeness (QED) is 0.513. The van der Waals surface area contributed by atoms with Crippen LogP contribution in [0, 0.1) is 0 Å². The van der Waals surface area contributed by atoms with Crippen molar-refractivity contribution in [3.8, 4) is 17.2 Å². The first-order valence-corrected chi connectivity index (χ1v) is 11.3. The molecule has 0 radical (unpaired) electrons. The minimum absolute atomic E-state index is 0.115. The number of fused-ring (bicyclic) bond motifs is 3. The lowest BCUT2D eigenvalue weighted by Crippen LogP contribution is -2.42. The van der Waals surface area contributed by atoms with E-state index >= 15 is 0 Å². The maximum atomic E-state index is 13.5. The number of urea groups is 1. The van der Waals surface area contributed by atoms with Gasteiger partial charge in [-0.15, -0.1) is 0 Å². The van der Waals surface area contributed by atoms with Crippen LogP contribution >= 0.6 is 0 Å². The summed E-state index contributed by atoms with van der Waals surface area (Å²) in [4.78, 5) is 15.4. The van der Waals surface area contributed by atoms with Gasteiger partial charge in [-0.05, 0) is 54.8 Å². The minimum atomic E-state index is -0.306. The molecule has 3 aromatic rings. The number of carbonyl (C=O) groups excluding carboxylic acids is 1. The molecular weight excluding hydrogens is 418 g/mol. The maximum absolute atomic E-state index is 13.5. The van der Waals surface area contributed by atoms with Crippen molar-refractivity contribution < 1.29 is 19.0 Å². The Morgan fingerprint density at radius 1 is 1.06 bits per heavy atom. The van der Waals surface area contributed by atoms with E-state index in [-0.39, 0.29) is 12.1 Å². The standard InChI is InChI=1S/C26H31N3O4/c1-4-33-16-8-14-27-26(30)29-18-20-9-5-6-10-21(20)28-15-7-11-22(28)25(29)19-12-13-23(31-2)24(17-19)32-3/h5-7,9-13,15,17,25H,4,8,14,16,18H2,1-3H3,(H,27,30)/t25-/m1/s1. The van der Waals surface area contributed by atoms with E-state index in [1.165, 1.54) is 0 Å². The molecule has 33 heavy (non-hydrogen) atoms. The number of benzene rings is 2. The Morgan fingerprint density at radius 2 is 1.88 bits per heavy atom. The van der Waals surface area contributed by atoms with Crippen molar-refractivity contribution in [2.75, 3.05) is 34.0 Å². The van der Waals surface area contributed by atoms with Gasteiger partial charge in [0.2, 0.25) is 0 Å². The molecule has 0 saturated carbocycles. The van der Waals surface area contributed by atoms with Gasteiger partial charge in [-0.25, -0.2) is 4.79 Å². The third kappa shape index (κ3) is 4.68. The highest BCUT2D eigenvalue weighted by molar-refractivity contribution is 5.76. The molecule has 4 rings (SSSR count). The van der Waals surface area contributed by atoms with Crippen molar-refractivity contribution in [1.82, 2.24) is 14.8 Å². The lowest BCUT2D eigenvalue weighted by molar-refractivity contribution is 0.143. The summed E-state index contributed by atoms with van der Waals surface area (Å²) in [7, 11) is 3.24. The summed E-state index contributed by atoms with van der Waals surface area (Å²) in [5.41, 5.74) is 4.12. The van der Waals surface area contributed by atoms with Crippen LogP contribution in [0.25, 0.3) is 5.69 Å². The molecule has 0 unspecified atom stereocenters. The predicted octanol–water partition coefficient (Wildman–Crippen LogP) is 4.54. The molecule has 0 bridgehead atoms. The van der Waals surface area contributed by atoms with Crippen LogP contribution in [0.1, 0.15) is 36.2 Å². The molecular formula is C26H31N3O4. The Labute approximate surface area is 194 Å². The second kappa shape index (κ2) is 10.4. The number of rotatable bonds is 8. The summed E-state index contributed by atoms with van der Waals surface area (Å²) < 4.78 is 18.6. The van der Waals surface area contributed by atoms with E-state index in [9.17, 15) is 4.79 Å². The molecule has 0 aliphatic carbocycles. The third-order valence-corrected chi connectivity index (χ3v) is 5.89. The van der Waals surface area contributed by atoms with Gasteiger partial charge in [-0.3, -0.25) is 0 Å². The van der Waals surface area contributed by atoms with Crippen molar-refractivity contribution >= 4 is 6.03 Å². The lowest BCUT2D eigenvalue weighted by atomic mass is 10.0. The van der Waals surface area contributed by atoms with E-state index in [1.807, 2.05) is 54.4 Å². The van der Waals surface area contributed by atoms with E-state index in [1.54, 1.807) is 14.2 Å². The van der Waals surface area contributed by atoms with Crippen LogP contribution in [-0.2, 0) is 11.3 Å². The molecule has 0 fully saturated rings. The number of aromatic nitrogens is 1. The van der Waals surface area contributed by atoms with E-state index in [4.69, 9.17) is 14.2 Å². The Hall–Kier alpha value is -3.45. The van der Waals surface area contributed by atoms with Gasteiger partial charge in [0, 0.05) is 31.6 Å². The number of methoxy groups -OCH3 is 2. The highest BCUT2D eigenvalue weighted by atomic mass is 16.5. The zero-order chi connectivity index (χ0) is 23.2. The second-order valence-corrected chi connectivity index (χ2v) is 7.86. The molecule has 174 valence electrons. The molecule has 0 spiro atoms. The zero-order valence-corrected chi connectivity index (χ0v) is 19.4. The van der Waals surface area contributed by atoms with Gasteiger partial charge >= 0.3 is 6.03 Å². The zero-order valence-electron chi connectivity index (χ0n) is 19.4. The van der Waals surface area contributed by atoms with Gasteiger partial charge < -0.3 is 29.0 Å². The predicted molar refractivity (Wildman–Crippen MR) is 127 cm³/mol. The number of carbonyl (C=O) groups is 1. The van der Waals surface area contributed by atoms with Gasteiger partial charge in [0.25, 0.3) is 0 Å². The highest BCUT2D eigenvalue weighted by Gasteiger charge is 2.33. The molecule has 7 heteroatoms. The summed E-state index contributed by atoms with van der Waals surface area (Å²) in [6, 6.07) is 17.7. The summed E-state index contributed by atoms with van der Waals surface area (Å²) in [5, 5.41) is 3.09. The Bertz CT molecular complexity index is 1090. The van der Waals surface area contributed by atoms with E-state index in [0.717, 1.165) is 28.9 Å². The van der Waals surface area contributed by atoms with Gasteiger partial charge in [0.05, 0.1) is 32.5 Å². The van der Waals surface area contributed by atoms with E-state index in [2.05, 4.69) is 28.1 Å². The summed E-state index contributed by atoms with van der Waals surface area (Å²) >= 11 is 0. The highest BCUT2D eigenvalue weighted by Crippen LogP contribution is 2.39. The number of nitrogens with one attached hydrogen (secondary N) is 1. The molecule has 1 N–H and O–H groups in total. The fraction of sp³-hybridized carbons (Fsp3) is 0.346. The smallest absolute Gasteiger partial charge is 0.318 e. The molecule has 1 aromatic heterocycles. The molecule has 1 aliphatic heterocycles. The molecule has 1 aliphatic rings. The number of hydrogen-bond donors (Lipinski definition) is 1. The average Bonchev–Trinajstić information content (AvgIpc) is 3.27. The fourth-order valence-electron chi connectivity index (χ4n) is 4.33. The summed E-state index contributed by atoms with van der Waals surface area (Å²) in [6.45, 7) is 4.30. The molecule has 1 atom stereocenters. The molecule has 0 saturated heterocycles. The van der Waals surface area contributed by atoms with Crippen LogP contribution in [0.4, 0.5) is 4.79 Å². The Balaban J connectivity index is 1.75. The number of para-hydroxylation sites is 1. The van der Waals surface area contributed by atoms with Crippen molar-refractivity contribution in [2.45, 2.75) is 25.9 Å². The van der Waals surface area contributed by atoms with Gasteiger partial charge in [-0.2, -0.15) is 0 Å². The van der Waals surface area contributed by atoms with Crippen LogP contribution < -0.4 is 14.8 Å². The van der Waals surface area contributed by atoms with Crippen LogP contribution in [0.2, 0.25) is 0 Å². The van der Waals surface area contributed by atoms with E-state index in [0.29, 0.717) is 37.8 Å². The van der Waals surface area contributed by atoms with Gasteiger partial charge in [0.1, 0.15) is 0 Å². The molecule has 2 aromatic carbocycles. The first-order chi connectivity index (χ1) is 16.2. The van der Waals surface area contributed by atoms with E-state index < -0.39 is 0 Å². The number of amides is 2. The summed E-state index contributed by atoms with van der Waals surface area (Å²) in [6.07, 6.45) is 2.81. The largest absolute Gasteiger partial charge is 0.493 e. The number of ether oxygens (including phenoxy) is 3. The van der Waals surface area contributed by atoms with Crippen LogP contribution in [-0.4, -0.2) is 49.5 Å². The Kier molecular flexibility index (Phi) is 7.19. The first-order valence-electron chi connectivity index (χ1n) is 11.3. The first kappa shape index (κ1) is 22.7. The van der Waals surface area contributed by atoms with Crippen LogP contribution in [0.15, 0.2) is 60.8 Å². The molecule has 2 heterocycles. The van der Waals surface area contributed by atoms with Crippen molar-refractivity contribution in [2.24, 2.45) is 0 Å². The van der Waals surface area contributed by atoms with Crippen molar-refractivity contribution in [3.05, 3.63) is 77.6 Å². The lowest BCUT2D eigenvalue weighted by Gasteiger charge is -2.31. The van der Waals surface area contributed by atoms with Crippen molar-refractivity contribution in [1.29, 1.82) is 0 Å². The number of nitrogens with zero attached hydrogens (tertiary/aromatic N) is 2. The van der Waals surface area contributed by atoms with Gasteiger partial charge in [-0.1, -0.05) is 24.3 Å². The normalized spacial score (nSPS) is 14.8. The number of hydrogen-bond acceptors (Lipinski definition) is 4.